The van der Waals surface area contributed by atoms with Crippen molar-refractivity contribution in [3.8, 4) is 11.5 Å². The molecule has 168 valence electrons. The summed E-state index contributed by atoms with van der Waals surface area (Å²) < 4.78 is 12.7. The van der Waals surface area contributed by atoms with Crippen LogP contribution in [0.15, 0.2) is 36.0 Å². The summed E-state index contributed by atoms with van der Waals surface area (Å²) in [7, 11) is 3.23. The largest absolute Gasteiger partial charge is 0.493 e. The number of rotatable bonds is 11. The van der Waals surface area contributed by atoms with Gasteiger partial charge in [-0.15, -0.1) is 16.8 Å². The van der Waals surface area contributed by atoms with Gasteiger partial charge in [0.1, 0.15) is 5.82 Å². The van der Waals surface area contributed by atoms with Gasteiger partial charge in [0.2, 0.25) is 5.91 Å². The molecule has 2 aromatic rings. The minimum Gasteiger partial charge on any atom is -0.493 e. The van der Waals surface area contributed by atoms with Crippen LogP contribution in [-0.2, 0) is 17.8 Å². The molecule has 1 amide bonds. The zero-order valence-electron chi connectivity index (χ0n) is 18.4. The Labute approximate surface area is 188 Å². The van der Waals surface area contributed by atoms with E-state index in [-0.39, 0.29) is 5.91 Å². The quantitative estimate of drug-likeness (QED) is 0.417. The molecule has 0 radical (unpaired) electrons. The van der Waals surface area contributed by atoms with Gasteiger partial charge in [-0.05, 0) is 37.0 Å². The summed E-state index contributed by atoms with van der Waals surface area (Å²) in [5.41, 5.74) is 1.08. The second-order valence-corrected chi connectivity index (χ2v) is 8.60. The number of carbonyl (C=O) groups is 1. The fourth-order valence-corrected chi connectivity index (χ4v) is 4.72. The minimum atomic E-state index is -0.0159. The molecule has 31 heavy (non-hydrogen) atoms. The molecular weight excluding hydrogens is 412 g/mol. The summed E-state index contributed by atoms with van der Waals surface area (Å²) >= 11 is 1.43. The van der Waals surface area contributed by atoms with Crippen molar-refractivity contribution in [3.63, 3.8) is 0 Å². The summed E-state index contributed by atoms with van der Waals surface area (Å²) in [6, 6.07) is 5.79. The highest BCUT2D eigenvalue weighted by Crippen LogP contribution is 2.33. The number of thioether (sulfide) groups is 1. The topological polar surface area (TPSA) is 78.3 Å². The van der Waals surface area contributed by atoms with E-state index in [1.165, 1.54) is 31.0 Å². The van der Waals surface area contributed by atoms with Crippen LogP contribution in [0.3, 0.4) is 0 Å². The lowest BCUT2D eigenvalue weighted by Gasteiger charge is -2.21. The van der Waals surface area contributed by atoms with Crippen LogP contribution in [0.4, 0.5) is 0 Å². The Morgan fingerprint density at radius 3 is 2.71 bits per heavy atom. The standard InChI is InChI=1S/C23H32N4O3S/c1-4-14-27-22(18-8-6-5-7-9-18)25-26-23(27)31-16-21(28)24-13-12-17-10-11-19(29-2)20(15-17)30-3/h4,10-11,15,18H,1,5-9,12-14,16H2,2-3H3,(H,24,28). The predicted octanol–water partition coefficient (Wildman–Crippen LogP) is 3.98. The molecule has 0 saturated heterocycles. The molecule has 1 aromatic heterocycles. The number of benzene rings is 1. The normalized spacial score (nSPS) is 14.3. The second-order valence-electron chi connectivity index (χ2n) is 7.65. The smallest absolute Gasteiger partial charge is 0.230 e. The fourth-order valence-electron chi connectivity index (χ4n) is 3.93. The van der Waals surface area contributed by atoms with Gasteiger partial charge in [-0.25, -0.2) is 0 Å². The summed E-state index contributed by atoms with van der Waals surface area (Å²) in [6.45, 7) is 5.09. The average molecular weight is 445 g/mol. The van der Waals surface area contributed by atoms with Crippen LogP contribution in [0.1, 0.15) is 49.4 Å². The van der Waals surface area contributed by atoms with E-state index in [2.05, 4.69) is 26.7 Å². The van der Waals surface area contributed by atoms with Crippen LogP contribution >= 0.6 is 11.8 Å². The molecule has 0 aliphatic heterocycles. The number of ether oxygens (including phenoxy) is 2. The van der Waals surface area contributed by atoms with Crippen molar-refractivity contribution in [2.75, 3.05) is 26.5 Å². The third-order valence-corrected chi connectivity index (χ3v) is 6.51. The molecule has 0 atom stereocenters. The highest BCUT2D eigenvalue weighted by molar-refractivity contribution is 7.99. The maximum Gasteiger partial charge on any atom is 0.230 e. The van der Waals surface area contributed by atoms with Gasteiger partial charge >= 0.3 is 0 Å². The molecule has 1 aliphatic rings. The van der Waals surface area contributed by atoms with Gasteiger partial charge in [0.15, 0.2) is 16.7 Å². The molecule has 8 heteroatoms. The second kappa shape index (κ2) is 11.8. The Hall–Kier alpha value is -2.48. The highest BCUT2D eigenvalue weighted by Gasteiger charge is 2.23. The van der Waals surface area contributed by atoms with Crippen molar-refractivity contribution in [2.24, 2.45) is 0 Å². The van der Waals surface area contributed by atoms with Crippen molar-refractivity contribution in [3.05, 3.63) is 42.2 Å². The molecule has 1 fully saturated rings. The SMILES string of the molecule is C=CCn1c(SCC(=O)NCCc2ccc(OC)c(OC)c2)nnc1C1CCCCC1. The number of methoxy groups -OCH3 is 2. The first kappa shape index (κ1) is 23.2. The summed E-state index contributed by atoms with van der Waals surface area (Å²) in [6.07, 6.45) is 8.70. The lowest BCUT2D eigenvalue weighted by atomic mass is 9.89. The Balaban J connectivity index is 1.50. The van der Waals surface area contributed by atoms with Gasteiger partial charge in [-0.1, -0.05) is 43.2 Å². The van der Waals surface area contributed by atoms with Crippen LogP contribution in [0.2, 0.25) is 0 Å². The Morgan fingerprint density at radius 2 is 2.00 bits per heavy atom. The molecule has 1 heterocycles. The molecule has 1 saturated carbocycles. The Bertz CT molecular complexity index is 878. The maximum atomic E-state index is 12.4. The molecular formula is C23H32N4O3S. The number of carbonyl (C=O) groups excluding carboxylic acids is 1. The van der Waals surface area contributed by atoms with E-state index in [1.54, 1.807) is 14.2 Å². The molecule has 1 aliphatic carbocycles. The molecule has 0 bridgehead atoms. The number of nitrogens with one attached hydrogen (secondary N) is 1. The molecule has 3 rings (SSSR count). The molecule has 0 unspecified atom stereocenters. The first-order valence-electron chi connectivity index (χ1n) is 10.8. The average Bonchev–Trinajstić information content (AvgIpc) is 3.21. The van der Waals surface area contributed by atoms with Gasteiger partial charge < -0.3 is 19.4 Å². The van der Waals surface area contributed by atoms with E-state index in [9.17, 15) is 4.79 Å². The van der Waals surface area contributed by atoms with Crippen LogP contribution < -0.4 is 14.8 Å². The van der Waals surface area contributed by atoms with E-state index < -0.39 is 0 Å². The zero-order chi connectivity index (χ0) is 22.1. The molecule has 0 spiro atoms. The minimum absolute atomic E-state index is 0.0159. The zero-order valence-corrected chi connectivity index (χ0v) is 19.2. The highest BCUT2D eigenvalue weighted by atomic mass is 32.2. The van der Waals surface area contributed by atoms with Gasteiger partial charge in [0, 0.05) is 19.0 Å². The first-order valence-corrected chi connectivity index (χ1v) is 11.8. The van der Waals surface area contributed by atoms with E-state index in [4.69, 9.17) is 9.47 Å². The van der Waals surface area contributed by atoms with Crippen molar-refractivity contribution in [1.82, 2.24) is 20.1 Å². The number of aromatic nitrogens is 3. The van der Waals surface area contributed by atoms with Crippen LogP contribution in [0.5, 0.6) is 11.5 Å². The fraction of sp³-hybridized carbons (Fsp3) is 0.522. The monoisotopic (exact) mass is 444 g/mol. The van der Waals surface area contributed by atoms with Crippen LogP contribution in [0.25, 0.3) is 0 Å². The number of hydrogen-bond donors (Lipinski definition) is 1. The number of hydrogen-bond acceptors (Lipinski definition) is 6. The molecule has 1 aromatic carbocycles. The van der Waals surface area contributed by atoms with Gasteiger partial charge in [-0.2, -0.15) is 0 Å². The number of nitrogens with zero attached hydrogens (tertiary/aromatic N) is 3. The third-order valence-electron chi connectivity index (χ3n) is 5.54. The Morgan fingerprint density at radius 1 is 1.23 bits per heavy atom. The summed E-state index contributed by atoms with van der Waals surface area (Å²) in [5, 5.41) is 12.6. The third kappa shape index (κ3) is 6.26. The van der Waals surface area contributed by atoms with Crippen molar-refractivity contribution in [2.45, 2.75) is 56.1 Å². The van der Waals surface area contributed by atoms with E-state index >= 15 is 0 Å². The van der Waals surface area contributed by atoms with Crippen molar-refractivity contribution in [1.29, 1.82) is 0 Å². The van der Waals surface area contributed by atoms with E-state index in [0.29, 0.717) is 36.3 Å². The maximum absolute atomic E-state index is 12.4. The number of amides is 1. The molecule has 7 nitrogen and oxygen atoms in total. The van der Waals surface area contributed by atoms with Crippen LogP contribution in [0, 0.1) is 0 Å². The van der Waals surface area contributed by atoms with E-state index in [1.807, 2.05) is 24.3 Å². The van der Waals surface area contributed by atoms with Gasteiger partial charge in [0.05, 0.1) is 20.0 Å². The lowest BCUT2D eigenvalue weighted by Crippen LogP contribution is -2.27. The molecule has 1 N–H and O–H groups in total. The summed E-state index contributed by atoms with van der Waals surface area (Å²) in [5.74, 6) is 3.19. The van der Waals surface area contributed by atoms with Crippen LogP contribution in [-0.4, -0.2) is 47.2 Å². The Kier molecular flexibility index (Phi) is 8.82. The summed E-state index contributed by atoms with van der Waals surface area (Å²) in [4.78, 5) is 12.4. The van der Waals surface area contributed by atoms with Gasteiger partial charge in [0.25, 0.3) is 0 Å². The van der Waals surface area contributed by atoms with Crippen molar-refractivity contribution < 1.29 is 14.3 Å². The first-order chi connectivity index (χ1) is 15.2. The van der Waals surface area contributed by atoms with Gasteiger partial charge in [-0.3, -0.25) is 4.79 Å². The predicted molar refractivity (Wildman–Crippen MR) is 123 cm³/mol. The van der Waals surface area contributed by atoms with Crippen molar-refractivity contribution >= 4 is 17.7 Å². The number of allylic oxidation sites excluding steroid dienone is 1. The lowest BCUT2D eigenvalue weighted by molar-refractivity contribution is -0.118. The van der Waals surface area contributed by atoms with E-state index in [0.717, 1.165) is 35.8 Å².